The molecule has 104 valence electrons. The average molecular weight is 294 g/mol. The maximum absolute atomic E-state index is 13.5. The van der Waals surface area contributed by atoms with Crippen LogP contribution in [0.2, 0.25) is 0 Å². The summed E-state index contributed by atoms with van der Waals surface area (Å²) in [5.74, 6) is -1.76. The van der Waals surface area contributed by atoms with Crippen molar-refractivity contribution in [3.63, 3.8) is 0 Å². The van der Waals surface area contributed by atoms with E-state index >= 15 is 0 Å². The van der Waals surface area contributed by atoms with Crippen LogP contribution in [0, 0.1) is 12.7 Å². The van der Waals surface area contributed by atoms with Crippen molar-refractivity contribution in [3.05, 3.63) is 46.2 Å². The van der Waals surface area contributed by atoms with Crippen LogP contribution < -0.4 is 5.32 Å². The summed E-state index contributed by atoms with van der Waals surface area (Å²) in [5.41, 5.74) is 0.366. The molecule has 2 aromatic rings. The Labute approximate surface area is 118 Å². The fourth-order valence-electron chi connectivity index (χ4n) is 1.54. The molecule has 5 nitrogen and oxygen atoms in total. The fraction of sp³-hybridized carbons (Fsp3) is 0.154. The molecule has 2 rings (SSSR count). The zero-order valence-electron chi connectivity index (χ0n) is 10.8. The summed E-state index contributed by atoms with van der Waals surface area (Å²) < 4.78 is 18.1. The van der Waals surface area contributed by atoms with Crippen LogP contribution in [0.1, 0.15) is 25.7 Å². The van der Waals surface area contributed by atoms with Gasteiger partial charge in [0.1, 0.15) is 10.7 Å². The number of ether oxygens (including phenoxy) is 1. The number of thiazole rings is 1. The molecule has 0 aliphatic heterocycles. The summed E-state index contributed by atoms with van der Waals surface area (Å²) in [6.07, 6.45) is 0. The molecule has 0 atom stereocenters. The van der Waals surface area contributed by atoms with Crippen molar-refractivity contribution in [2.75, 3.05) is 12.4 Å². The van der Waals surface area contributed by atoms with Gasteiger partial charge in [0, 0.05) is 0 Å². The number of anilines is 1. The highest BCUT2D eigenvalue weighted by atomic mass is 32.1. The van der Waals surface area contributed by atoms with Crippen molar-refractivity contribution < 1.29 is 18.7 Å². The Morgan fingerprint density at radius 2 is 2.05 bits per heavy atom. The van der Waals surface area contributed by atoms with E-state index in [-0.39, 0.29) is 10.7 Å². The molecule has 0 fully saturated rings. The van der Waals surface area contributed by atoms with Crippen molar-refractivity contribution in [1.29, 1.82) is 0 Å². The van der Waals surface area contributed by atoms with Crippen LogP contribution in [-0.2, 0) is 4.74 Å². The monoisotopic (exact) mass is 294 g/mol. The fourth-order valence-corrected chi connectivity index (χ4v) is 2.42. The van der Waals surface area contributed by atoms with Gasteiger partial charge in [0.2, 0.25) is 0 Å². The lowest BCUT2D eigenvalue weighted by atomic mass is 10.2. The molecular formula is C13H11FN2O3S. The highest BCUT2D eigenvalue weighted by Gasteiger charge is 2.18. The van der Waals surface area contributed by atoms with Gasteiger partial charge in [-0.05, 0) is 19.1 Å². The van der Waals surface area contributed by atoms with Gasteiger partial charge < -0.3 is 4.74 Å². The summed E-state index contributed by atoms with van der Waals surface area (Å²) in [4.78, 5) is 27.7. The Morgan fingerprint density at radius 3 is 2.70 bits per heavy atom. The topological polar surface area (TPSA) is 68.3 Å². The van der Waals surface area contributed by atoms with Gasteiger partial charge in [-0.25, -0.2) is 14.2 Å². The lowest BCUT2D eigenvalue weighted by Gasteiger charge is -2.02. The van der Waals surface area contributed by atoms with E-state index in [0.717, 1.165) is 11.3 Å². The third-order valence-electron chi connectivity index (χ3n) is 2.51. The lowest BCUT2D eigenvalue weighted by Crippen LogP contribution is -2.13. The number of halogens is 1. The number of carbonyl (C=O) groups is 2. The number of carbonyl (C=O) groups excluding carboxylic acids is 2. The van der Waals surface area contributed by atoms with Gasteiger partial charge in [-0.1, -0.05) is 23.5 Å². The molecule has 0 saturated carbocycles. The van der Waals surface area contributed by atoms with Gasteiger partial charge in [-0.15, -0.1) is 0 Å². The van der Waals surface area contributed by atoms with Gasteiger partial charge >= 0.3 is 5.97 Å². The zero-order valence-corrected chi connectivity index (χ0v) is 11.6. The summed E-state index contributed by atoms with van der Waals surface area (Å²) in [7, 11) is 1.26. The van der Waals surface area contributed by atoms with Crippen LogP contribution in [0.15, 0.2) is 24.3 Å². The third kappa shape index (κ3) is 2.83. The van der Waals surface area contributed by atoms with E-state index in [0.29, 0.717) is 10.6 Å². The highest BCUT2D eigenvalue weighted by molar-refractivity contribution is 7.17. The first kappa shape index (κ1) is 14.1. The number of methoxy groups -OCH3 is 1. The molecule has 1 aromatic heterocycles. The molecule has 0 saturated heterocycles. The molecule has 1 heterocycles. The molecular weight excluding hydrogens is 283 g/mol. The van der Waals surface area contributed by atoms with Gasteiger partial charge in [-0.2, -0.15) is 0 Å². The zero-order chi connectivity index (χ0) is 14.7. The van der Waals surface area contributed by atoms with Crippen LogP contribution in [0.25, 0.3) is 0 Å². The Morgan fingerprint density at radius 1 is 1.35 bits per heavy atom. The minimum atomic E-state index is -0.619. The number of esters is 1. The number of aryl methyl sites for hydroxylation is 1. The second-order valence-corrected chi connectivity index (χ2v) is 4.86. The Bertz CT molecular complexity index is 669. The van der Waals surface area contributed by atoms with Gasteiger partial charge in [0.05, 0.1) is 18.4 Å². The number of hydrogen-bond acceptors (Lipinski definition) is 5. The quantitative estimate of drug-likeness (QED) is 0.884. The molecule has 0 aliphatic rings. The summed E-state index contributed by atoms with van der Waals surface area (Å²) in [6.45, 7) is 1.63. The number of amides is 1. The lowest BCUT2D eigenvalue weighted by molar-refractivity contribution is 0.0605. The first-order valence-corrected chi connectivity index (χ1v) is 6.46. The van der Waals surface area contributed by atoms with Crippen LogP contribution >= 0.6 is 11.3 Å². The molecule has 0 radical (unpaired) electrons. The van der Waals surface area contributed by atoms with E-state index in [1.165, 1.54) is 25.3 Å². The Hall–Kier alpha value is -2.28. The van der Waals surface area contributed by atoms with Crippen LogP contribution in [0.5, 0.6) is 0 Å². The van der Waals surface area contributed by atoms with Crippen molar-refractivity contribution in [3.8, 4) is 0 Å². The number of nitrogens with one attached hydrogen (secondary N) is 1. The molecule has 0 aliphatic carbocycles. The highest BCUT2D eigenvalue weighted by Crippen LogP contribution is 2.24. The number of rotatable bonds is 3. The number of aromatic nitrogens is 1. The van der Waals surface area contributed by atoms with Gasteiger partial charge in [0.15, 0.2) is 5.13 Å². The smallest absolute Gasteiger partial charge is 0.350 e. The van der Waals surface area contributed by atoms with Crippen molar-refractivity contribution in [1.82, 2.24) is 4.98 Å². The first-order valence-electron chi connectivity index (χ1n) is 5.64. The molecule has 0 spiro atoms. The minimum Gasteiger partial charge on any atom is -0.465 e. The van der Waals surface area contributed by atoms with Crippen LogP contribution in [0.4, 0.5) is 9.52 Å². The van der Waals surface area contributed by atoms with E-state index in [4.69, 9.17) is 0 Å². The number of benzene rings is 1. The minimum absolute atomic E-state index is 0.0834. The summed E-state index contributed by atoms with van der Waals surface area (Å²) in [5, 5.41) is 2.68. The van der Waals surface area contributed by atoms with Crippen molar-refractivity contribution >= 4 is 28.3 Å². The summed E-state index contributed by atoms with van der Waals surface area (Å²) >= 11 is 0.981. The molecule has 0 unspecified atom stereocenters. The van der Waals surface area contributed by atoms with E-state index in [1.54, 1.807) is 13.0 Å². The standard InChI is InChI=1S/C13H11FN2O3S/c1-7-10(12(18)19-2)20-13(15-7)16-11(17)8-5-3-4-6-9(8)14/h3-6H,1-2H3,(H,15,16,17). The van der Waals surface area contributed by atoms with E-state index in [9.17, 15) is 14.0 Å². The molecule has 0 bridgehead atoms. The number of nitrogens with zero attached hydrogens (tertiary/aromatic N) is 1. The van der Waals surface area contributed by atoms with E-state index < -0.39 is 17.7 Å². The molecule has 1 aromatic carbocycles. The summed E-state index contributed by atoms with van der Waals surface area (Å²) in [6, 6.07) is 5.62. The molecule has 1 amide bonds. The van der Waals surface area contributed by atoms with E-state index in [1.807, 2.05) is 0 Å². The largest absolute Gasteiger partial charge is 0.465 e. The van der Waals surface area contributed by atoms with Crippen LogP contribution in [0.3, 0.4) is 0 Å². The van der Waals surface area contributed by atoms with Crippen molar-refractivity contribution in [2.45, 2.75) is 6.92 Å². The second-order valence-electron chi connectivity index (χ2n) is 3.86. The normalized spacial score (nSPS) is 10.2. The maximum atomic E-state index is 13.5. The van der Waals surface area contributed by atoms with Crippen LogP contribution in [-0.4, -0.2) is 24.0 Å². The molecule has 1 N–H and O–H groups in total. The molecule has 20 heavy (non-hydrogen) atoms. The van der Waals surface area contributed by atoms with Crippen molar-refractivity contribution in [2.24, 2.45) is 0 Å². The van der Waals surface area contributed by atoms with Gasteiger partial charge in [0.25, 0.3) is 5.91 Å². The SMILES string of the molecule is COC(=O)c1sc(NC(=O)c2ccccc2F)nc1C. The van der Waals surface area contributed by atoms with E-state index in [2.05, 4.69) is 15.0 Å². The second kappa shape index (κ2) is 5.79. The number of hydrogen-bond donors (Lipinski definition) is 1. The Balaban J connectivity index is 2.21. The van der Waals surface area contributed by atoms with Gasteiger partial charge in [-0.3, -0.25) is 10.1 Å². The predicted octanol–water partition coefficient (Wildman–Crippen LogP) is 2.63. The first-order chi connectivity index (χ1) is 9.52. The predicted molar refractivity (Wildman–Crippen MR) is 72.5 cm³/mol. The maximum Gasteiger partial charge on any atom is 0.350 e. The third-order valence-corrected chi connectivity index (χ3v) is 3.56. The molecule has 7 heteroatoms. The Kier molecular flexibility index (Phi) is 4.09. The average Bonchev–Trinajstić information content (AvgIpc) is 2.79.